The van der Waals surface area contributed by atoms with Crippen molar-refractivity contribution in [2.75, 3.05) is 0 Å². The van der Waals surface area contributed by atoms with Gasteiger partial charge in [0, 0.05) is 58.0 Å². The maximum atomic E-state index is 8.63. The Labute approximate surface area is 588 Å². The summed E-state index contributed by atoms with van der Waals surface area (Å²) in [6, 6.07) is 125. The van der Waals surface area contributed by atoms with E-state index in [2.05, 4.69) is 150 Å². The zero-order chi connectivity index (χ0) is 66.5. The Hall–Kier alpha value is -8.87. The number of benzene rings is 13. The average Bonchev–Trinajstić information content (AvgIpc) is 0.768. The minimum Gasteiger partial charge on any atom is -0.366 e. The van der Waals surface area contributed by atoms with Gasteiger partial charge in [-0.3, -0.25) is 0 Å². The summed E-state index contributed by atoms with van der Waals surface area (Å²) in [5.74, 6) is 0. The molecule has 6 aliphatic rings. The predicted octanol–water partition coefficient (Wildman–Crippen LogP) is 7.50. The number of para-hydroxylation sites is 1. The molecule has 486 valence electrons. The molecule has 0 atom stereocenters. The van der Waals surface area contributed by atoms with Crippen molar-refractivity contribution in [3.63, 3.8) is 0 Å². The van der Waals surface area contributed by atoms with Crippen molar-refractivity contribution >= 4 is 163 Å². The topological polar surface area (TPSA) is 116 Å². The number of hydrogen-bond acceptors (Lipinski definition) is 12. The fraction of sp³-hybridized carbons (Fsp3) is 0. The molecule has 0 unspecified atom stereocenters. The van der Waals surface area contributed by atoms with Crippen LogP contribution in [0.15, 0.2) is 370 Å². The monoisotopic (exact) mass is 1460 g/mol. The quantitative estimate of drug-likeness (QED) is 0.0842. The molecule has 6 aliphatic heterocycles. The lowest BCUT2D eigenvalue weighted by Crippen LogP contribution is -2.96. The van der Waals surface area contributed by atoms with Crippen molar-refractivity contribution in [2.24, 2.45) is 0 Å². The van der Waals surface area contributed by atoms with Gasteiger partial charge in [-0.15, -0.1) is 0 Å². The number of fused-ring (bicyclic) bond motifs is 3. The molecule has 13 aromatic carbocycles. The molecule has 0 amide bonds. The third-order valence-corrected chi connectivity index (χ3v) is 58.2. The Balaban J connectivity index is 0.925. The summed E-state index contributed by atoms with van der Waals surface area (Å²) in [7, 11) is -42.9. The maximum absolute atomic E-state index is 8.63. The molecule has 0 saturated carbocycles. The molecular formula is C78H61NO12Si9. The van der Waals surface area contributed by atoms with E-state index in [-0.39, 0.29) is 0 Å². The Morgan fingerprint density at radius 2 is 0.420 bits per heavy atom. The molecule has 7 heterocycles. The van der Waals surface area contributed by atoms with Crippen LogP contribution in [0, 0.1) is 0 Å². The van der Waals surface area contributed by atoms with Crippen molar-refractivity contribution in [1.29, 1.82) is 0 Å². The summed E-state index contributed by atoms with van der Waals surface area (Å²) in [6.07, 6.45) is 0. The standard InChI is InChI=1S/C78H61NO12Si9/c1-11-35-63(36-12-1)92(64-37-13-2-14-38-64,65-39-15-3-16-40-65)73-58-59-78-76(61-73)75-56-31-32-57-77(75)79(78)62-34-33-55-74(60-62)100-89-97(70-49-25-8-26-50-70)83-94(67-43-19-5-20-44-67)80-93(66-41-17-4-18-42-66)81-95(85-97,68-45-21-6-22-46-68)87-99(91-100,72-53-29-10-30-54-72)88-96(82-93,69-47-23-7-24-48-69)86-98(84-94,90-100)71-51-27-9-28-52-71/h1-61H. The second kappa shape index (κ2) is 24.2. The van der Waals surface area contributed by atoms with Crippen LogP contribution in [0.25, 0.3) is 27.5 Å². The Bertz CT molecular complexity index is 4950. The normalized spacial score (nSPS) is 26.8. The largest absolute Gasteiger partial charge is 0.515 e. The fourth-order valence-corrected chi connectivity index (χ4v) is 65.8. The van der Waals surface area contributed by atoms with Crippen molar-refractivity contribution < 1.29 is 49.4 Å². The van der Waals surface area contributed by atoms with E-state index in [0.717, 1.165) is 27.5 Å². The molecular weight excluding hydrogens is 1400 g/mol. The maximum Gasteiger partial charge on any atom is 0.515 e. The average molecular weight is 1460 g/mol. The van der Waals surface area contributed by atoms with Gasteiger partial charge in [0.2, 0.25) is 0 Å². The van der Waals surface area contributed by atoms with Crippen LogP contribution in [0.2, 0.25) is 0 Å². The van der Waals surface area contributed by atoms with Crippen molar-refractivity contribution in [3.8, 4) is 5.69 Å². The third kappa shape index (κ3) is 9.85. The highest BCUT2D eigenvalue weighted by Gasteiger charge is 2.86. The third-order valence-electron chi connectivity index (χ3n) is 19.3. The highest BCUT2D eigenvalue weighted by atomic mass is 28.6. The molecule has 0 N–H and O–H groups in total. The van der Waals surface area contributed by atoms with Crippen molar-refractivity contribution in [2.45, 2.75) is 0 Å². The van der Waals surface area contributed by atoms with Crippen molar-refractivity contribution in [3.05, 3.63) is 370 Å². The highest BCUT2D eigenvalue weighted by molar-refractivity contribution is 7.20. The van der Waals surface area contributed by atoms with E-state index in [1.165, 1.54) is 20.7 Å². The number of hydrogen-bond donors (Lipinski definition) is 0. The summed E-state index contributed by atoms with van der Waals surface area (Å²) in [5.41, 5.74) is 2.75. The van der Waals surface area contributed by atoms with Gasteiger partial charge in [-0.1, -0.05) is 346 Å². The van der Waals surface area contributed by atoms with Crippen LogP contribution in [-0.4, -0.2) is 83.1 Å². The van der Waals surface area contributed by atoms with E-state index in [1.54, 1.807) is 0 Å². The summed E-state index contributed by atoms with van der Waals surface area (Å²) in [4.78, 5) is 0. The van der Waals surface area contributed by atoms with Gasteiger partial charge in [-0.25, -0.2) is 0 Å². The molecule has 0 radical (unpaired) electrons. The van der Waals surface area contributed by atoms with E-state index >= 15 is 0 Å². The van der Waals surface area contributed by atoms with Gasteiger partial charge in [-0.05, 0) is 45.0 Å². The fourth-order valence-electron chi connectivity index (χ4n) is 14.9. The van der Waals surface area contributed by atoms with E-state index in [9.17, 15) is 0 Å². The zero-order valence-corrected chi connectivity index (χ0v) is 62.6. The van der Waals surface area contributed by atoms with E-state index < -0.39 is 78.5 Å². The van der Waals surface area contributed by atoms with Crippen LogP contribution in [0.4, 0.5) is 0 Å². The summed E-state index contributed by atoms with van der Waals surface area (Å²) >= 11 is 0. The molecule has 14 aromatic rings. The first-order valence-corrected chi connectivity index (χ1v) is 49.1. The number of nitrogens with zero attached hydrogens (tertiary/aromatic N) is 1. The summed E-state index contributed by atoms with van der Waals surface area (Å²) in [6.45, 7) is 0. The molecule has 0 spiro atoms. The van der Waals surface area contributed by atoms with Crippen LogP contribution in [0.5, 0.6) is 0 Å². The molecule has 1 aromatic heterocycles. The molecule has 6 saturated heterocycles. The van der Waals surface area contributed by atoms with E-state index in [0.29, 0.717) is 41.5 Å². The first-order valence-electron chi connectivity index (χ1n) is 33.3. The molecule has 8 bridgehead atoms. The van der Waals surface area contributed by atoms with Crippen LogP contribution in [0.3, 0.4) is 0 Å². The first kappa shape index (κ1) is 62.2. The van der Waals surface area contributed by atoms with Crippen LogP contribution >= 0.6 is 0 Å². The molecule has 6 fully saturated rings. The van der Waals surface area contributed by atoms with Gasteiger partial charge in [0.25, 0.3) is 0 Å². The smallest absolute Gasteiger partial charge is 0.366 e. The van der Waals surface area contributed by atoms with Gasteiger partial charge >= 0.3 is 70.4 Å². The first-order chi connectivity index (χ1) is 49.2. The number of rotatable bonds is 13. The van der Waals surface area contributed by atoms with Gasteiger partial charge in [0.05, 0.1) is 11.0 Å². The van der Waals surface area contributed by atoms with E-state index in [4.69, 9.17) is 49.4 Å². The second-order valence-electron chi connectivity index (χ2n) is 25.2. The lowest BCUT2D eigenvalue weighted by molar-refractivity contribution is -0.00299. The van der Waals surface area contributed by atoms with Crippen LogP contribution < -0.4 is 62.2 Å². The molecule has 22 heteroatoms. The Morgan fingerprint density at radius 1 is 0.180 bits per heavy atom. The second-order valence-corrected chi connectivity index (χ2v) is 52.3. The van der Waals surface area contributed by atoms with Crippen molar-refractivity contribution in [1.82, 2.24) is 4.57 Å². The lowest BCUT2D eigenvalue weighted by atomic mass is 10.1. The molecule has 20 rings (SSSR count). The van der Waals surface area contributed by atoms with Gasteiger partial charge in [-0.2, -0.15) is 0 Å². The van der Waals surface area contributed by atoms with Crippen LogP contribution in [-0.2, 0) is 49.4 Å². The highest BCUT2D eigenvalue weighted by Crippen LogP contribution is 2.49. The van der Waals surface area contributed by atoms with Gasteiger partial charge < -0.3 is 53.9 Å². The minimum atomic E-state index is -5.17. The predicted molar refractivity (Wildman–Crippen MR) is 406 cm³/mol. The molecule has 100 heavy (non-hydrogen) atoms. The molecule has 0 aliphatic carbocycles. The van der Waals surface area contributed by atoms with E-state index in [1.807, 2.05) is 224 Å². The van der Waals surface area contributed by atoms with Gasteiger partial charge in [0.1, 0.15) is 0 Å². The zero-order valence-electron chi connectivity index (χ0n) is 53.6. The summed E-state index contributed by atoms with van der Waals surface area (Å²) < 4.78 is 104. The SMILES string of the molecule is c1ccc([Si]23O[Si]4(c5ccccc5)O[Si]5(c6ccccc6)O[Si](c6ccccc6)(O2)O[Si]2(c6ccccc6)O[Si](c6ccccc6)(O3)O[Si](c3ccccc3)(O4)O[Si](c3cccc(-n4c6ccccc6c6cc([Si](c7ccccc7)(c7ccccc7)c7ccccc7)ccc64)c3)(O5)O2)cc1. The van der Waals surface area contributed by atoms with Gasteiger partial charge in [0.15, 0.2) is 8.07 Å². The van der Waals surface area contributed by atoms with Crippen LogP contribution in [0.1, 0.15) is 0 Å². The number of aromatic nitrogens is 1. The molecule has 13 nitrogen and oxygen atoms in total. The lowest BCUT2D eigenvalue weighted by Gasteiger charge is -2.62. The minimum absolute atomic E-state index is 0.512. The Morgan fingerprint density at radius 3 is 0.720 bits per heavy atom. The summed E-state index contributed by atoms with van der Waals surface area (Å²) in [5, 5.41) is 11.6. The Kier molecular flexibility index (Phi) is 15.0.